The number of hydrogen-bond acceptors (Lipinski definition) is 0. The van der Waals surface area contributed by atoms with E-state index in [4.69, 9.17) is 0 Å². The van der Waals surface area contributed by atoms with Crippen molar-refractivity contribution < 1.29 is 0 Å². The van der Waals surface area contributed by atoms with Crippen LogP contribution in [0, 0.1) is 47.3 Å². The van der Waals surface area contributed by atoms with Crippen LogP contribution >= 0.6 is 0 Å². The fraction of sp³-hybridized carbons (Fsp3) is 1.00. The van der Waals surface area contributed by atoms with Gasteiger partial charge in [0.25, 0.3) is 0 Å². The SMILES string of the molecule is CC1C(C)C2CCC1C1C3CCC(CC3)C21. The van der Waals surface area contributed by atoms with Gasteiger partial charge in [-0.05, 0) is 85.9 Å². The van der Waals surface area contributed by atoms with Gasteiger partial charge in [0.05, 0.1) is 0 Å². The van der Waals surface area contributed by atoms with Crippen LogP contribution in [0.15, 0.2) is 0 Å². The first-order valence-corrected chi connectivity index (χ1v) is 7.77. The Kier molecular flexibility index (Phi) is 2.04. The smallest absolute Gasteiger partial charge is 0.0321 e. The van der Waals surface area contributed by atoms with E-state index >= 15 is 0 Å². The maximum absolute atomic E-state index is 2.57. The van der Waals surface area contributed by atoms with E-state index < -0.39 is 0 Å². The molecule has 6 aliphatic carbocycles. The van der Waals surface area contributed by atoms with Crippen molar-refractivity contribution in [3.8, 4) is 0 Å². The van der Waals surface area contributed by atoms with Crippen molar-refractivity contribution in [1.29, 1.82) is 0 Å². The molecule has 6 rings (SSSR count). The third-order valence-electron chi connectivity index (χ3n) is 7.35. The van der Waals surface area contributed by atoms with E-state index in [0.29, 0.717) is 0 Å². The molecule has 6 unspecified atom stereocenters. The first-order valence-electron chi connectivity index (χ1n) is 7.77. The fourth-order valence-electron chi connectivity index (χ4n) is 6.59. The van der Waals surface area contributed by atoms with Crippen LogP contribution in [0.4, 0.5) is 0 Å². The van der Waals surface area contributed by atoms with Crippen LogP contribution in [-0.4, -0.2) is 0 Å². The third-order valence-corrected chi connectivity index (χ3v) is 7.35. The van der Waals surface area contributed by atoms with Crippen LogP contribution in [0.3, 0.4) is 0 Å². The molecule has 0 aromatic carbocycles. The van der Waals surface area contributed by atoms with E-state index in [-0.39, 0.29) is 0 Å². The van der Waals surface area contributed by atoms with Crippen LogP contribution in [-0.2, 0) is 0 Å². The molecule has 0 aromatic heterocycles. The average Bonchev–Trinajstić information content (AvgIpc) is 2.36. The van der Waals surface area contributed by atoms with Gasteiger partial charge < -0.3 is 0 Å². The number of rotatable bonds is 0. The van der Waals surface area contributed by atoms with Crippen LogP contribution in [0.25, 0.3) is 0 Å². The van der Waals surface area contributed by atoms with Gasteiger partial charge in [0.1, 0.15) is 0 Å². The highest BCUT2D eigenvalue weighted by Gasteiger charge is 2.57. The van der Waals surface area contributed by atoms with Gasteiger partial charge >= 0.3 is 0 Å². The summed E-state index contributed by atoms with van der Waals surface area (Å²) in [6, 6.07) is 0. The first-order chi connectivity index (χ1) is 7.77. The normalized spacial score (nSPS) is 63.4. The molecule has 6 saturated carbocycles. The molecule has 0 spiro atoms. The minimum absolute atomic E-state index is 1.04. The Morgan fingerprint density at radius 2 is 0.938 bits per heavy atom. The van der Waals surface area contributed by atoms with E-state index in [1.54, 1.807) is 38.5 Å². The summed E-state index contributed by atoms with van der Waals surface area (Å²) in [6.45, 7) is 5.14. The molecule has 6 atom stereocenters. The van der Waals surface area contributed by atoms with Crippen molar-refractivity contribution in [3.05, 3.63) is 0 Å². The van der Waals surface area contributed by atoms with Gasteiger partial charge in [-0.2, -0.15) is 0 Å². The molecular formula is C16H26. The Morgan fingerprint density at radius 1 is 0.562 bits per heavy atom. The summed E-state index contributed by atoms with van der Waals surface area (Å²) in [5.41, 5.74) is 0. The Hall–Kier alpha value is 0. The molecule has 0 N–H and O–H groups in total. The number of fused-ring (bicyclic) bond motifs is 4. The Labute approximate surface area is 100 Å². The molecule has 0 amide bonds. The minimum Gasteiger partial charge on any atom is -0.0620 e. The molecule has 0 radical (unpaired) electrons. The second kappa shape index (κ2) is 3.27. The lowest BCUT2D eigenvalue weighted by molar-refractivity contribution is -0.153. The first kappa shape index (κ1) is 9.97. The van der Waals surface area contributed by atoms with E-state index in [1.165, 1.54) is 11.8 Å². The largest absolute Gasteiger partial charge is 0.0620 e. The molecule has 4 bridgehead atoms. The molecule has 6 fully saturated rings. The highest BCUT2D eigenvalue weighted by atomic mass is 14.6. The zero-order chi connectivity index (χ0) is 10.9. The quantitative estimate of drug-likeness (QED) is 0.567. The number of hydrogen-bond donors (Lipinski definition) is 0. The molecule has 0 aromatic rings. The molecule has 0 saturated heterocycles. The van der Waals surface area contributed by atoms with Crippen molar-refractivity contribution >= 4 is 0 Å². The Bertz CT molecular complexity index is 256. The summed E-state index contributed by atoms with van der Waals surface area (Å²) in [5.74, 6) is 8.99. The summed E-state index contributed by atoms with van der Waals surface area (Å²) in [6.07, 6.45) is 9.54. The van der Waals surface area contributed by atoms with Gasteiger partial charge in [-0.3, -0.25) is 0 Å². The molecule has 6 aliphatic rings. The Balaban J connectivity index is 1.74. The molecule has 0 nitrogen and oxygen atoms in total. The Morgan fingerprint density at radius 3 is 1.31 bits per heavy atom. The summed E-state index contributed by atoms with van der Waals surface area (Å²) in [7, 11) is 0. The lowest BCUT2D eigenvalue weighted by atomic mass is 9.41. The fourth-order valence-corrected chi connectivity index (χ4v) is 6.59. The zero-order valence-corrected chi connectivity index (χ0v) is 10.9. The van der Waals surface area contributed by atoms with Gasteiger partial charge in [0, 0.05) is 0 Å². The van der Waals surface area contributed by atoms with Crippen LogP contribution in [0.2, 0.25) is 0 Å². The molecule has 0 heteroatoms. The van der Waals surface area contributed by atoms with Crippen LogP contribution in [0.5, 0.6) is 0 Å². The topological polar surface area (TPSA) is 0 Å². The van der Waals surface area contributed by atoms with Gasteiger partial charge in [0.15, 0.2) is 0 Å². The van der Waals surface area contributed by atoms with Crippen LogP contribution < -0.4 is 0 Å². The lowest BCUT2D eigenvalue weighted by Gasteiger charge is -2.64. The minimum atomic E-state index is 1.04. The highest BCUT2D eigenvalue weighted by molar-refractivity contribution is 5.06. The second-order valence-corrected chi connectivity index (χ2v) is 7.45. The van der Waals surface area contributed by atoms with Gasteiger partial charge in [-0.15, -0.1) is 0 Å². The predicted molar refractivity (Wildman–Crippen MR) is 67.0 cm³/mol. The van der Waals surface area contributed by atoms with Gasteiger partial charge in [-0.25, -0.2) is 0 Å². The molecule has 16 heavy (non-hydrogen) atoms. The van der Waals surface area contributed by atoms with Crippen molar-refractivity contribution in [2.45, 2.75) is 52.4 Å². The van der Waals surface area contributed by atoms with Gasteiger partial charge in [-0.1, -0.05) is 13.8 Å². The maximum atomic E-state index is 2.57. The summed E-state index contributed by atoms with van der Waals surface area (Å²) < 4.78 is 0. The molecule has 0 aliphatic heterocycles. The van der Waals surface area contributed by atoms with Gasteiger partial charge in [0.2, 0.25) is 0 Å². The summed E-state index contributed by atoms with van der Waals surface area (Å²) >= 11 is 0. The standard InChI is InChI=1S/C16H26/c1-9-10(2)14-8-7-13(9)15-11-3-5-12(6-4-11)16(14)15/h9-16H,3-8H2,1-2H3. The van der Waals surface area contributed by atoms with Crippen molar-refractivity contribution in [1.82, 2.24) is 0 Å². The zero-order valence-electron chi connectivity index (χ0n) is 10.9. The molecule has 90 valence electrons. The van der Waals surface area contributed by atoms with Crippen molar-refractivity contribution in [3.63, 3.8) is 0 Å². The lowest BCUT2D eigenvalue weighted by Crippen LogP contribution is -2.57. The van der Waals surface area contributed by atoms with E-state index in [9.17, 15) is 0 Å². The third kappa shape index (κ3) is 1.07. The molecular weight excluding hydrogens is 192 g/mol. The van der Waals surface area contributed by atoms with E-state index in [2.05, 4.69) is 13.8 Å². The van der Waals surface area contributed by atoms with E-state index in [0.717, 1.165) is 35.5 Å². The predicted octanol–water partition coefficient (Wildman–Crippen LogP) is 4.35. The van der Waals surface area contributed by atoms with E-state index in [1.807, 2.05) is 0 Å². The van der Waals surface area contributed by atoms with Crippen LogP contribution in [0.1, 0.15) is 52.4 Å². The summed E-state index contributed by atoms with van der Waals surface area (Å²) in [4.78, 5) is 0. The van der Waals surface area contributed by atoms with Crippen molar-refractivity contribution in [2.24, 2.45) is 47.3 Å². The monoisotopic (exact) mass is 218 g/mol. The average molecular weight is 218 g/mol. The molecule has 0 heterocycles. The van der Waals surface area contributed by atoms with Crippen molar-refractivity contribution in [2.75, 3.05) is 0 Å². The summed E-state index contributed by atoms with van der Waals surface area (Å²) in [5, 5.41) is 0. The highest BCUT2D eigenvalue weighted by Crippen LogP contribution is 2.65. The second-order valence-electron chi connectivity index (χ2n) is 7.45. The maximum Gasteiger partial charge on any atom is -0.0321 e.